The first-order valence-corrected chi connectivity index (χ1v) is 9.69. The second kappa shape index (κ2) is 8.61. The number of hydrogen-bond donors (Lipinski definition) is 1. The van der Waals surface area contributed by atoms with E-state index in [0.29, 0.717) is 17.9 Å². The number of methoxy groups -OCH3 is 1. The van der Waals surface area contributed by atoms with Crippen LogP contribution in [0, 0.1) is 0 Å². The number of aromatic nitrogens is 2. The number of hydrogen-bond acceptors (Lipinski definition) is 3. The third-order valence-corrected chi connectivity index (χ3v) is 4.93. The number of rotatable bonds is 7. The maximum absolute atomic E-state index is 12.8. The summed E-state index contributed by atoms with van der Waals surface area (Å²) in [6, 6.07) is 21.7. The fourth-order valence-electron chi connectivity index (χ4n) is 3.42. The molecule has 0 saturated carbocycles. The van der Waals surface area contributed by atoms with E-state index in [1.165, 1.54) is 0 Å². The molecule has 0 fully saturated rings. The number of pyridine rings is 1. The average Bonchev–Trinajstić information content (AvgIpc) is 3.20. The van der Waals surface area contributed by atoms with Crippen molar-refractivity contribution in [3.8, 4) is 16.9 Å². The standard InChI is InChI=1S/C24H23N3O2/c1-29-22-13-12-19(18-8-3-2-4-9-18)16-21(22)24(28)25-14-7-11-23-26-17-20-10-5-6-15-27(20)23/h2-6,8-10,12-13,15-17H,7,11,14H2,1H3,(H,25,28). The van der Waals surface area contributed by atoms with Gasteiger partial charge in [0.15, 0.2) is 0 Å². The lowest BCUT2D eigenvalue weighted by atomic mass is 10.0. The SMILES string of the molecule is COc1ccc(-c2ccccc2)cc1C(=O)NCCCc1ncc2ccccn12. The Morgan fingerprint density at radius 2 is 1.86 bits per heavy atom. The van der Waals surface area contributed by atoms with E-state index in [2.05, 4.69) is 14.7 Å². The van der Waals surface area contributed by atoms with Gasteiger partial charge in [-0.1, -0.05) is 42.5 Å². The molecule has 4 rings (SSSR count). The second-order valence-corrected chi connectivity index (χ2v) is 6.81. The number of benzene rings is 2. The molecule has 0 radical (unpaired) electrons. The largest absolute Gasteiger partial charge is 0.496 e. The molecule has 29 heavy (non-hydrogen) atoms. The minimum atomic E-state index is -0.132. The molecule has 2 aromatic carbocycles. The molecular weight excluding hydrogens is 362 g/mol. The van der Waals surface area contributed by atoms with Crippen LogP contribution in [-0.4, -0.2) is 28.9 Å². The quantitative estimate of drug-likeness (QED) is 0.481. The number of ether oxygens (including phenoxy) is 1. The Morgan fingerprint density at radius 3 is 2.69 bits per heavy atom. The van der Waals surface area contributed by atoms with Gasteiger partial charge in [0, 0.05) is 19.2 Å². The highest BCUT2D eigenvalue weighted by atomic mass is 16.5. The number of imidazole rings is 1. The fraction of sp³-hybridized carbons (Fsp3) is 0.167. The van der Waals surface area contributed by atoms with Gasteiger partial charge in [-0.25, -0.2) is 4.98 Å². The summed E-state index contributed by atoms with van der Waals surface area (Å²) >= 11 is 0. The molecule has 0 aliphatic carbocycles. The summed E-state index contributed by atoms with van der Waals surface area (Å²) in [4.78, 5) is 17.2. The van der Waals surface area contributed by atoms with Gasteiger partial charge in [-0.3, -0.25) is 4.79 Å². The van der Waals surface area contributed by atoms with Gasteiger partial charge in [0.1, 0.15) is 11.6 Å². The van der Waals surface area contributed by atoms with Crippen LogP contribution in [0.4, 0.5) is 0 Å². The summed E-state index contributed by atoms with van der Waals surface area (Å²) in [5, 5.41) is 3.01. The highest BCUT2D eigenvalue weighted by Crippen LogP contribution is 2.26. The van der Waals surface area contributed by atoms with Gasteiger partial charge in [0.05, 0.1) is 24.4 Å². The monoisotopic (exact) mass is 385 g/mol. The van der Waals surface area contributed by atoms with Crippen molar-refractivity contribution < 1.29 is 9.53 Å². The van der Waals surface area contributed by atoms with Crippen LogP contribution in [0.25, 0.3) is 16.6 Å². The molecule has 5 heteroatoms. The first-order valence-electron chi connectivity index (χ1n) is 9.69. The molecule has 2 heterocycles. The molecule has 0 atom stereocenters. The van der Waals surface area contributed by atoms with Crippen LogP contribution in [-0.2, 0) is 6.42 Å². The number of nitrogens with zero attached hydrogens (tertiary/aromatic N) is 2. The Hall–Kier alpha value is -3.60. The topological polar surface area (TPSA) is 55.6 Å². The van der Waals surface area contributed by atoms with Crippen LogP contribution in [0.1, 0.15) is 22.6 Å². The minimum absolute atomic E-state index is 0.132. The van der Waals surface area contributed by atoms with Gasteiger partial charge in [-0.05, 0) is 41.8 Å². The summed E-state index contributed by atoms with van der Waals surface area (Å²) in [5.41, 5.74) is 3.67. The van der Waals surface area contributed by atoms with Crippen molar-refractivity contribution in [2.24, 2.45) is 0 Å². The van der Waals surface area contributed by atoms with Crippen molar-refractivity contribution in [2.75, 3.05) is 13.7 Å². The molecule has 0 spiro atoms. The summed E-state index contributed by atoms with van der Waals surface area (Å²) < 4.78 is 7.47. The smallest absolute Gasteiger partial charge is 0.255 e. The molecule has 0 aliphatic heterocycles. The molecule has 0 aliphatic rings. The van der Waals surface area contributed by atoms with Gasteiger partial charge in [-0.15, -0.1) is 0 Å². The van der Waals surface area contributed by atoms with Gasteiger partial charge in [-0.2, -0.15) is 0 Å². The molecule has 0 unspecified atom stereocenters. The predicted molar refractivity (Wildman–Crippen MR) is 114 cm³/mol. The van der Waals surface area contributed by atoms with E-state index in [4.69, 9.17) is 4.74 Å². The van der Waals surface area contributed by atoms with E-state index in [1.54, 1.807) is 7.11 Å². The molecular formula is C24H23N3O2. The van der Waals surface area contributed by atoms with Crippen LogP contribution in [0.3, 0.4) is 0 Å². The van der Waals surface area contributed by atoms with Crippen molar-refractivity contribution in [2.45, 2.75) is 12.8 Å². The van der Waals surface area contributed by atoms with Crippen molar-refractivity contribution in [1.29, 1.82) is 0 Å². The summed E-state index contributed by atoms with van der Waals surface area (Å²) in [5.74, 6) is 1.44. The lowest BCUT2D eigenvalue weighted by molar-refractivity contribution is 0.0950. The number of amides is 1. The lowest BCUT2D eigenvalue weighted by Crippen LogP contribution is -2.25. The molecule has 1 N–H and O–H groups in total. The van der Waals surface area contributed by atoms with E-state index in [9.17, 15) is 4.79 Å². The average molecular weight is 385 g/mol. The molecule has 0 bridgehead atoms. The number of carbonyl (C=O) groups is 1. The van der Waals surface area contributed by atoms with Crippen molar-refractivity contribution in [3.63, 3.8) is 0 Å². The Morgan fingerprint density at radius 1 is 1.03 bits per heavy atom. The molecule has 4 aromatic rings. The third kappa shape index (κ3) is 4.14. The number of carbonyl (C=O) groups excluding carboxylic acids is 1. The molecule has 2 aromatic heterocycles. The molecule has 5 nitrogen and oxygen atoms in total. The van der Waals surface area contributed by atoms with E-state index in [-0.39, 0.29) is 5.91 Å². The normalized spacial score (nSPS) is 10.8. The highest BCUT2D eigenvalue weighted by molar-refractivity contribution is 5.98. The Kier molecular flexibility index (Phi) is 5.56. The van der Waals surface area contributed by atoms with Gasteiger partial charge >= 0.3 is 0 Å². The first kappa shape index (κ1) is 18.7. The zero-order valence-electron chi connectivity index (χ0n) is 16.3. The fourth-order valence-corrected chi connectivity index (χ4v) is 3.42. The molecule has 0 saturated heterocycles. The van der Waals surface area contributed by atoms with E-state index < -0.39 is 0 Å². The van der Waals surface area contributed by atoms with Crippen LogP contribution < -0.4 is 10.1 Å². The van der Waals surface area contributed by atoms with E-state index in [0.717, 1.165) is 35.3 Å². The summed E-state index contributed by atoms with van der Waals surface area (Å²) in [7, 11) is 1.58. The van der Waals surface area contributed by atoms with Crippen LogP contribution in [0.2, 0.25) is 0 Å². The van der Waals surface area contributed by atoms with Crippen LogP contribution in [0.5, 0.6) is 5.75 Å². The molecule has 1 amide bonds. The van der Waals surface area contributed by atoms with E-state index >= 15 is 0 Å². The summed E-state index contributed by atoms with van der Waals surface area (Å²) in [6.07, 6.45) is 5.48. The molecule has 146 valence electrons. The Labute approximate surface area is 170 Å². The van der Waals surface area contributed by atoms with Gasteiger partial charge < -0.3 is 14.5 Å². The van der Waals surface area contributed by atoms with Crippen LogP contribution >= 0.6 is 0 Å². The van der Waals surface area contributed by atoms with E-state index in [1.807, 2.05) is 79.1 Å². The van der Waals surface area contributed by atoms with Gasteiger partial charge in [0.2, 0.25) is 0 Å². The Bertz CT molecular complexity index is 1120. The number of nitrogens with one attached hydrogen (secondary N) is 1. The van der Waals surface area contributed by atoms with Crippen LogP contribution in [0.15, 0.2) is 79.1 Å². The summed E-state index contributed by atoms with van der Waals surface area (Å²) in [6.45, 7) is 0.569. The minimum Gasteiger partial charge on any atom is -0.496 e. The maximum atomic E-state index is 12.8. The van der Waals surface area contributed by atoms with Gasteiger partial charge in [0.25, 0.3) is 5.91 Å². The number of aryl methyl sites for hydroxylation is 1. The maximum Gasteiger partial charge on any atom is 0.255 e. The first-order chi connectivity index (χ1) is 14.3. The Balaban J connectivity index is 1.41. The second-order valence-electron chi connectivity index (χ2n) is 6.81. The van der Waals surface area contributed by atoms with Crippen molar-refractivity contribution in [3.05, 3.63) is 90.5 Å². The predicted octanol–water partition coefficient (Wildman–Crippen LogP) is 4.37. The van der Waals surface area contributed by atoms with Crippen molar-refractivity contribution in [1.82, 2.24) is 14.7 Å². The highest BCUT2D eigenvalue weighted by Gasteiger charge is 2.13. The van der Waals surface area contributed by atoms with Crippen molar-refractivity contribution >= 4 is 11.4 Å². The lowest BCUT2D eigenvalue weighted by Gasteiger charge is -2.11. The zero-order chi connectivity index (χ0) is 20.1. The number of fused-ring (bicyclic) bond motifs is 1. The third-order valence-electron chi connectivity index (χ3n) is 4.93. The zero-order valence-corrected chi connectivity index (χ0v) is 16.3.